The number of aromatic nitrogens is 1. The molecule has 0 saturated heterocycles. The third-order valence-electron chi connectivity index (χ3n) is 2.99. The van der Waals surface area contributed by atoms with Crippen molar-refractivity contribution in [1.29, 1.82) is 5.26 Å². The maximum atomic E-state index is 11.6. The number of pyridine rings is 1. The predicted octanol–water partition coefficient (Wildman–Crippen LogP) is 2.50. The number of carbonyl (C=O) groups excluding carboxylic acids is 1. The van der Waals surface area contributed by atoms with Crippen LogP contribution in [0.3, 0.4) is 0 Å². The second-order valence-corrected chi connectivity index (χ2v) is 5.34. The van der Waals surface area contributed by atoms with E-state index in [1.54, 1.807) is 0 Å². The van der Waals surface area contributed by atoms with Crippen LogP contribution >= 0.6 is 11.8 Å². The Morgan fingerprint density at radius 3 is 2.63 bits per heavy atom. The number of nitrogens with zero attached hydrogens (tertiary/aromatic N) is 2. The molecule has 0 saturated carbocycles. The van der Waals surface area contributed by atoms with E-state index in [4.69, 9.17) is 0 Å². The summed E-state index contributed by atoms with van der Waals surface area (Å²) in [6.07, 6.45) is 0.918. The Morgan fingerprint density at radius 1 is 1.37 bits per heavy atom. The molecule has 0 spiro atoms. The van der Waals surface area contributed by atoms with Crippen LogP contribution in [0.5, 0.6) is 0 Å². The van der Waals surface area contributed by atoms with Crippen LogP contribution in [0, 0.1) is 32.1 Å². The molecule has 1 heterocycles. The molecule has 1 rings (SSSR count). The van der Waals surface area contributed by atoms with Crippen molar-refractivity contribution in [2.45, 2.75) is 39.1 Å². The number of hydrogen-bond acceptors (Lipinski definition) is 4. The summed E-state index contributed by atoms with van der Waals surface area (Å²) in [6, 6.07) is 2.18. The van der Waals surface area contributed by atoms with Crippen molar-refractivity contribution in [3.8, 4) is 6.07 Å². The molecule has 0 aliphatic heterocycles. The molecule has 1 aromatic heterocycles. The molecule has 102 valence electrons. The van der Waals surface area contributed by atoms with Gasteiger partial charge in [0.15, 0.2) is 0 Å². The second-order valence-electron chi connectivity index (χ2n) is 4.38. The first kappa shape index (κ1) is 15.5. The van der Waals surface area contributed by atoms with Gasteiger partial charge >= 0.3 is 0 Å². The highest BCUT2D eigenvalue weighted by Crippen LogP contribution is 2.26. The molecule has 0 aliphatic carbocycles. The van der Waals surface area contributed by atoms with E-state index in [0.29, 0.717) is 22.9 Å². The van der Waals surface area contributed by atoms with Crippen LogP contribution in [0.2, 0.25) is 0 Å². The molecule has 0 radical (unpaired) electrons. The maximum Gasteiger partial charge on any atom is 0.230 e. The van der Waals surface area contributed by atoms with Gasteiger partial charge in [-0.2, -0.15) is 5.26 Å². The average Bonchev–Trinajstić information content (AvgIpc) is 2.40. The van der Waals surface area contributed by atoms with Gasteiger partial charge in [0, 0.05) is 12.2 Å². The fourth-order valence-corrected chi connectivity index (χ4v) is 2.51. The van der Waals surface area contributed by atoms with Crippen LogP contribution < -0.4 is 5.32 Å². The largest absolute Gasteiger partial charge is 0.355 e. The van der Waals surface area contributed by atoms with Crippen molar-refractivity contribution in [2.75, 3.05) is 12.3 Å². The van der Waals surface area contributed by atoms with Crippen molar-refractivity contribution in [1.82, 2.24) is 10.3 Å². The van der Waals surface area contributed by atoms with Crippen LogP contribution in [0.4, 0.5) is 0 Å². The molecule has 0 unspecified atom stereocenters. The van der Waals surface area contributed by atoms with Crippen molar-refractivity contribution in [2.24, 2.45) is 0 Å². The van der Waals surface area contributed by atoms with Crippen molar-refractivity contribution in [3.05, 3.63) is 22.4 Å². The van der Waals surface area contributed by atoms with Gasteiger partial charge in [-0.05, 0) is 38.3 Å². The van der Waals surface area contributed by atoms with E-state index >= 15 is 0 Å². The number of amides is 1. The van der Waals surface area contributed by atoms with Crippen molar-refractivity contribution >= 4 is 17.7 Å². The quantitative estimate of drug-likeness (QED) is 0.840. The number of carbonyl (C=O) groups is 1. The minimum absolute atomic E-state index is 0.0200. The minimum Gasteiger partial charge on any atom is -0.355 e. The first-order valence-electron chi connectivity index (χ1n) is 6.28. The van der Waals surface area contributed by atoms with Gasteiger partial charge in [-0.3, -0.25) is 4.79 Å². The Morgan fingerprint density at radius 2 is 2.05 bits per heavy atom. The Kier molecular flexibility index (Phi) is 5.84. The molecule has 0 bridgehead atoms. The van der Waals surface area contributed by atoms with Gasteiger partial charge in [0.25, 0.3) is 0 Å². The molecule has 5 heteroatoms. The highest BCUT2D eigenvalue weighted by Gasteiger charge is 2.13. The molecular formula is C14H19N3OS. The Bertz CT molecular complexity index is 520. The fraction of sp³-hybridized carbons (Fsp3) is 0.500. The zero-order chi connectivity index (χ0) is 14.4. The first-order valence-corrected chi connectivity index (χ1v) is 7.27. The standard InChI is InChI=1S/C14H19N3OS/c1-5-6-16-13(18)8-19-14-12(7-15)10(3)9(2)11(4)17-14/h5-6,8H2,1-4H3,(H,16,18). The van der Waals surface area contributed by atoms with Gasteiger partial charge in [0.05, 0.1) is 11.3 Å². The van der Waals surface area contributed by atoms with Gasteiger partial charge in [0.2, 0.25) is 5.91 Å². The molecule has 0 fully saturated rings. The summed E-state index contributed by atoms with van der Waals surface area (Å²) in [5, 5.41) is 12.7. The van der Waals surface area contributed by atoms with Crippen molar-refractivity contribution in [3.63, 3.8) is 0 Å². The summed E-state index contributed by atoms with van der Waals surface area (Å²) in [7, 11) is 0. The van der Waals surface area contributed by atoms with E-state index in [2.05, 4.69) is 16.4 Å². The molecule has 1 aromatic rings. The van der Waals surface area contributed by atoms with Crippen LogP contribution in [0.25, 0.3) is 0 Å². The van der Waals surface area contributed by atoms with Gasteiger partial charge < -0.3 is 5.32 Å². The normalized spacial score (nSPS) is 10.1. The van der Waals surface area contributed by atoms with Gasteiger partial charge in [-0.25, -0.2) is 4.98 Å². The summed E-state index contributed by atoms with van der Waals surface area (Å²) >= 11 is 1.32. The molecule has 1 amide bonds. The summed E-state index contributed by atoms with van der Waals surface area (Å²) in [6.45, 7) is 8.49. The van der Waals surface area contributed by atoms with Crippen LogP contribution in [0.15, 0.2) is 5.03 Å². The minimum atomic E-state index is -0.0200. The lowest BCUT2D eigenvalue weighted by atomic mass is 10.1. The highest BCUT2D eigenvalue weighted by molar-refractivity contribution is 8.00. The van der Waals surface area contributed by atoms with E-state index in [1.807, 2.05) is 27.7 Å². The van der Waals surface area contributed by atoms with Crippen molar-refractivity contribution < 1.29 is 4.79 Å². The monoisotopic (exact) mass is 277 g/mol. The lowest BCUT2D eigenvalue weighted by Gasteiger charge is -2.11. The summed E-state index contributed by atoms with van der Waals surface area (Å²) < 4.78 is 0. The van der Waals surface area contributed by atoms with Crippen LogP contribution in [0.1, 0.15) is 35.7 Å². The van der Waals surface area contributed by atoms with E-state index < -0.39 is 0 Å². The second kappa shape index (κ2) is 7.15. The third-order valence-corrected chi connectivity index (χ3v) is 3.96. The molecular weight excluding hydrogens is 258 g/mol. The van der Waals surface area contributed by atoms with Crippen LogP contribution in [-0.4, -0.2) is 23.2 Å². The molecule has 4 nitrogen and oxygen atoms in total. The number of aryl methyl sites for hydroxylation is 1. The summed E-state index contributed by atoms with van der Waals surface area (Å²) in [4.78, 5) is 16.0. The van der Waals surface area contributed by atoms with Crippen LogP contribution in [-0.2, 0) is 4.79 Å². The summed E-state index contributed by atoms with van der Waals surface area (Å²) in [5.41, 5.74) is 3.48. The fourth-order valence-electron chi connectivity index (χ4n) is 1.60. The highest BCUT2D eigenvalue weighted by atomic mass is 32.2. The number of nitriles is 1. The maximum absolute atomic E-state index is 11.6. The average molecular weight is 277 g/mol. The molecule has 0 aromatic carbocycles. The number of nitrogens with one attached hydrogen (secondary N) is 1. The summed E-state index contributed by atoms with van der Waals surface area (Å²) in [5.74, 6) is 0.275. The van der Waals surface area contributed by atoms with E-state index in [1.165, 1.54) is 11.8 Å². The van der Waals surface area contributed by atoms with E-state index in [-0.39, 0.29) is 5.91 Å². The Hall–Kier alpha value is -1.54. The van der Waals surface area contributed by atoms with Gasteiger partial charge in [-0.1, -0.05) is 18.7 Å². The first-order chi connectivity index (χ1) is 9.01. The zero-order valence-corrected chi connectivity index (χ0v) is 12.6. The lowest BCUT2D eigenvalue weighted by molar-refractivity contribution is -0.118. The third kappa shape index (κ3) is 3.97. The lowest BCUT2D eigenvalue weighted by Crippen LogP contribution is -2.25. The topological polar surface area (TPSA) is 65.8 Å². The molecule has 1 N–H and O–H groups in total. The van der Waals surface area contributed by atoms with E-state index in [9.17, 15) is 10.1 Å². The van der Waals surface area contributed by atoms with Gasteiger partial charge in [0.1, 0.15) is 11.1 Å². The molecule has 0 aliphatic rings. The number of hydrogen-bond donors (Lipinski definition) is 1. The SMILES string of the molecule is CCCNC(=O)CSc1nc(C)c(C)c(C)c1C#N. The number of rotatable bonds is 5. The molecule has 19 heavy (non-hydrogen) atoms. The smallest absolute Gasteiger partial charge is 0.230 e. The zero-order valence-electron chi connectivity index (χ0n) is 11.8. The number of thioether (sulfide) groups is 1. The Labute approximate surface area is 118 Å². The van der Waals surface area contributed by atoms with E-state index in [0.717, 1.165) is 23.2 Å². The molecule has 0 atom stereocenters. The van der Waals surface area contributed by atoms with Gasteiger partial charge in [-0.15, -0.1) is 0 Å². The Balaban J connectivity index is 2.85. The predicted molar refractivity (Wildman–Crippen MR) is 77.2 cm³/mol.